The van der Waals surface area contributed by atoms with Gasteiger partial charge in [-0.1, -0.05) is 49.4 Å². The van der Waals surface area contributed by atoms with Crippen LogP contribution in [-0.2, 0) is 0 Å². The molecule has 0 aliphatic carbocycles. The lowest BCUT2D eigenvalue weighted by molar-refractivity contribution is 0.572. The van der Waals surface area contributed by atoms with E-state index in [1.807, 2.05) is 0 Å². The predicted octanol–water partition coefficient (Wildman–Crippen LogP) is 5.03. The summed E-state index contributed by atoms with van der Waals surface area (Å²) in [5.41, 5.74) is 6.74. The zero-order valence-corrected chi connectivity index (χ0v) is 13.0. The van der Waals surface area contributed by atoms with Gasteiger partial charge in [-0.3, -0.25) is 0 Å². The van der Waals surface area contributed by atoms with E-state index in [2.05, 4.69) is 75.5 Å². The normalized spacial score (nSPS) is 12.4. The van der Waals surface area contributed by atoms with E-state index in [0.29, 0.717) is 6.04 Å². The zero-order chi connectivity index (χ0) is 14.5. The van der Waals surface area contributed by atoms with E-state index < -0.39 is 0 Å². The molecule has 1 unspecified atom stereocenters. The van der Waals surface area contributed by atoms with Gasteiger partial charge in [0, 0.05) is 6.04 Å². The minimum absolute atomic E-state index is 0.382. The third kappa shape index (κ3) is 3.29. The topological polar surface area (TPSA) is 12.0 Å². The Morgan fingerprint density at radius 2 is 1.75 bits per heavy atom. The molecule has 2 aromatic carbocycles. The number of aryl methyl sites for hydroxylation is 2. The van der Waals surface area contributed by atoms with Crippen molar-refractivity contribution >= 4 is 0 Å². The van der Waals surface area contributed by atoms with Gasteiger partial charge in [-0.15, -0.1) is 0 Å². The van der Waals surface area contributed by atoms with Gasteiger partial charge in [0.1, 0.15) is 0 Å². The fourth-order valence-corrected chi connectivity index (χ4v) is 2.52. The van der Waals surface area contributed by atoms with Crippen LogP contribution in [0.1, 0.15) is 43.0 Å². The van der Waals surface area contributed by atoms with Crippen LogP contribution in [0.15, 0.2) is 42.5 Å². The van der Waals surface area contributed by atoms with Crippen LogP contribution in [0.5, 0.6) is 0 Å². The molecule has 2 aromatic rings. The molecule has 0 saturated carbocycles. The van der Waals surface area contributed by atoms with Gasteiger partial charge in [-0.05, 0) is 61.6 Å². The minimum Gasteiger partial charge on any atom is -0.310 e. The van der Waals surface area contributed by atoms with Crippen LogP contribution in [-0.4, -0.2) is 6.54 Å². The van der Waals surface area contributed by atoms with Crippen molar-refractivity contribution in [3.63, 3.8) is 0 Å². The highest BCUT2D eigenvalue weighted by molar-refractivity contribution is 5.69. The molecule has 0 bridgehead atoms. The second-order valence-corrected chi connectivity index (χ2v) is 5.56. The number of hydrogen-bond acceptors (Lipinski definition) is 1. The molecule has 0 saturated heterocycles. The molecule has 0 fully saturated rings. The van der Waals surface area contributed by atoms with Crippen LogP contribution in [0, 0.1) is 13.8 Å². The molecule has 0 aliphatic heterocycles. The van der Waals surface area contributed by atoms with E-state index in [9.17, 15) is 0 Å². The lowest BCUT2D eigenvalue weighted by atomic mass is 9.93. The largest absolute Gasteiger partial charge is 0.310 e. The lowest BCUT2D eigenvalue weighted by Gasteiger charge is -2.18. The van der Waals surface area contributed by atoms with Gasteiger partial charge in [-0.2, -0.15) is 0 Å². The monoisotopic (exact) mass is 267 g/mol. The van der Waals surface area contributed by atoms with Crippen molar-refractivity contribution in [1.29, 1.82) is 0 Å². The maximum absolute atomic E-state index is 3.58. The quantitative estimate of drug-likeness (QED) is 0.801. The van der Waals surface area contributed by atoms with Crippen molar-refractivity contribution in [1.82, 2.24) is 5.32 Å². The van der Waals surface area contributed by atoms with Gasteiger partial charge in [-0.25, -0.2) is 0 Å². The fourth-order valence-electron chi connectivity index (χ4n) is 2.52. The maximum Gasteiger partial charge on any atom is 0.0297 e. The van der Waals surface area contributed by atoms with E-state index in [1.165, 1.54) is 27.8 Å². The van der Waals surface area contributed by atoms with Crippen molar-refractivity contribution < 1.29 is 0 Å². The van der Waals surface area contributed by atoms with E-state index in [0.717, 1.165) is 13.0 Å². The van der Waals surface area contributed by atoms with Gasteiger partial charge >= 0.3 is 0 Å². The SMILES string of the molecule is CCCNC(C)c1ccccc1-c1ccc(C)c(C)c1. The molecule has 1 atom stereocenters. The first-order valence-corrected chi connectivity index (χ1v) is 7.53. The van der Waals surface area contributed by atoms with Crippen molar-refractivity contribution in [2.45, 2.75) is 40.2 Å². The van der Waals surface area contributed by atoms with Crippen LogP contribution in [0.2, 0.25) is 0 Å². The number of rotatable bonds is 5. The Morgan fingerprint density at radius 3 is 2.45 bits per heavy atom. The van der Waals surface area contributed by atoms with Gasteiger partial charge in [0.15, 0.2) is 0 Å². The molecule has 20 heavy (non-hydrogen) atoms. The summed E-state index contributed by atoms with van der Waals surface area (Å²) in [5, 5.41) is 3.58. The van der Waals surface area contributed by atoms with Crippen LogP contribution in [0.3, 0.4) is 0 Å². The van der Waals surface area contributed by atoms with Crippen LogP contribution < -0.4 is 5.32 Å². The summed E-state index contributed by atoms with van der Waals surface area (Å²) < 4.78 is 0. The predicted molar refractivity (Wildman–Crippen MR) is 88.1 cm³/mol. The smallest absolute Gasteiger partial charge is 0.0297 e. The summed E-state index contributed by atoms with van der Waals surface area (Å²) in [6.45, 7) is 9.85. The molecule has 2 rings (SSSR count). The third-order valence-corrected chi connectivity index (χ3v) is 3.95. The van der Waals surface area contributed by atoms with E-state index in [-0.39, 0.29) is 0 Å². The first kappa shape index (κ1) is 14.8. The molecule has 1 nitrogen and oxygen atoms in total. The van der Waals surface area contributed by atoms with Crippen LogP contribution in [0.25, 0.3) is 11.1 Å². The number of benzene rings is 2. The second-order valence-electron chi connectivity index (χ2n) is 5.56. The molecule has 0 aromatic heterocycles. The highest BCUT2D eigenvalue weighted by atomic mass is 14.9. The van der Waals surface area contributed by atoms with Crippen LogP contribution >= 0.6 is 0 Å². The minimum atomic E-state index is 0.382. The molecule has 0 radical (unpaired) electrons. The van der Waals surface area contributed by atoms with Gasteiger partial charge in [0.25, 0.3) is 0 Å². The molecule has 0 heterocycles. The summed E-state index contributed by atoms with van der Waals surface area (Å²) in [6, 6.07) is 15.8. The summed E-state index contributed by atoms with van der Waals surface area (Å²) in [7, 11) is 0. The molecule has 0 spiro atoms. The average molecular weight is 267 g/mol. The molecule has 1 N–H and O–H groups in total. The fraction of sp³-hybridized carbons (Fsp3) is 0.368. The Hall–Kier alpha value is -1.60. The summed E-state index contributed by atoms with van der Waals surface area (Å²) >= 11 is 0. The van der Waals surface area contributed by atoms with Crippen LogP contribution in [0.4, 0.5) is 0 Å². The van der Waals surface area contributed by atoms with Gasteiger partial charge < -0.3 is 5.32 Å². The van der Waals surface area contributed by atoms with Gasteiger partial charge in [0.05, 0.1) is 0 Å². The molecular formula is C19H25N. The molecule has 106 valence electrons. The van der Waals surface area contributed by atoms with Crippen molar-refractivity contribution in [2.75, 3.05) is 6.54 Å². The number of nitrogens with one attached hydrogen (secondary N) is 1. The molecular weight excluding hydrogens is 242 g/mol. The van der Waals surface area contributed by atoms with Crippen molar-refractivity contribution in [3.8, 4) is 11.1 Å². The summed E-state index contributed by atoms with van der Waals surface area (Å²) in [5.74, 6) is 0. The Morgan fingerprint density at radius 1 is 1.00 bits per heavy atom. The summed E-state index contributed by atoms with van der Waals surface area (Å²) in [6.07, 6.45) is 1.16. The molecule has 1 heteroatoms. The van der Waals surface area contributed by atoms with E-state index in [1.54, 1.807) is 0 Å². The Bertz CT molecular complexity index is 572. The van der Waals surface area contributed by atoms with E-state index >= 15 is 0 Å². The Kier molecular flexibility index (Phi) is 4.97. The standard InChI is InChI=1S/C19H25N/c1-5-12-20-16(4)18-8-6-7-9-19(18)17-11-10-14(2)15(3)13-17/h6-11,13,16,20H,5,12H2,1-4H3. The first-order valence-electron chi connectivity index (χ1n) is 7.53. The zero-order valence-electron chi connectivity index (χ0n) is 13.0. The van der Waals surface area contributed by atoms with E-state index in [4.69, 9.17) is 0 Å². The third-order valence-electron chi connectivity index (χ3n) is 3.95. The van der Waals surface area contributed by atoms with Crippen molar-refractivity contribution in [3.05, 3.63) is 59.2 Å². The molecule has 0 aliphatic rings. The Labute approximate surface area is 123 Å². The number of hydrogen-bond donors (Lipinski definition) is 1. The van der Waals surface area contributed by atoms with Crippen molar-refractivity contribution in [2.24, 2.45) is 0 Å². The maximum atomic E-state index is 3.58. The lowest BCUT2D eigenvalue weighted by Crippen LogP contribution is -2.19. The highest BCUT2D eigenvalue weighted by Gasteiger charge is 2.11. The first-order chi connectivity index (χ1) is 9.63. The average Bonchev–Trinajstić information content (AvgIpc) is 2.47. The summed E-state index contributed by atoms with van der Waals surface area (Å²) in [4.78, 5) is 0. The van der Waals surface area contributed by atoms with Gasteiger partial charge in [0.2, 0.25) is 0 Å². The molecule has 0 amide bonds. The highest BCUT2D eigenvalue weighted by Crippen LogP contribution is 2.29. The Balaban J connectivity index is 2.38. The second kappa shape index (κ2) is 6.71.